The second kappa shape index (κ2) is 9.51. The van der Waals surface area contributed by atoms with Gasteiger partial charge in [-0.05, 0) is 62.1 Å². The van der Waals surface area contributed by atoms with E-state index in [1.54, 1.807) is 0 Å². The van der Waals surface area contributed by atoms with Gasteiger partial charge in [-0.25, -0.2) is 0 Å². The molecule has 5 nitrogen and oxygen atoms in total. The second-order valence-corrected chi connectivity index (χ2v) is 6.96. The largest absolute Gasteiger partial charge is 0.491 e. The molecule has 0 aliphatic carbocycles. The van der Waals surface area contributed by atoms with Crippen molar-refractivity contribution in [2.45, 2.75) is 39.3 Å². The average Bonchev–Trinajstić information content (AvgIpc) is 2.61. The van der Waals surface area contributed by atoms with Crippen LogP contribution in [0.5, 0.6) is 5.75 Å². The van der Waals surface area contributed by atoms with Gasteiger partial charge in [0.2, 0.25) is 5.91 Å². The smallest absolute Gasteiger partial charge is 0.239 e. The van der Waals surface area contributed by atoms with Crippen LogP contribution < -0.4 is 20.7 Å². The van der Waals surface area contributed by atoms with E-state index in [2.05, 4.69) is 10.2 Å². The zero-order valence-electron chi connectivity index (χ0n) is 15.9. The normalized spacial score (nSPS) is 12.9. The number of carbonyl (C=O) groups is 1. The van der Waals surface area contributed by atoms with Crippen molar-refractivity contribution in [2.75, 3.05) is 23.7 Å². The summed E-state index contributed by atoms with van der Waals surface area (Å²) >= 11 is 0. The number of rotatable bonds is 6. The Morgan fingerprint density at radius 2 is 2.04 bits per heavy atom. The van der Waals surface area contributed by atoms with Gasteiger partial charge in [0.1, 0.15) is 5.75 Å². The van der Waals surface area contributed by atoms with Crippen LogP contribution in [0.3, 0.4) is 0 Å². The van der Waals surface area contributed by atoms with Gasteiger partial charge in [-0.15, -0.1) is 12.4 Å². The number of hydrogen-bond acceptors (Lipinski definition) is 4. The average molecular weight is 390 g/mol. The third kappa shape index (κ3) is 5.54. The topological polar surface area (TPSA) is 67.6 Å². The molecule has 0 saturated carbocycles. The highest BCUT2D eigenvalue weighted by molar-refractivity contribution is 5.85. The fraction of sp³-hybridized carbons (Fsp3) is 0.381. The number of anilines is 2. The number of amides is 1. The highest BCUT2D eigenvalue weighted by atomic mass is 35.5. The summed E-state index contributed by atoms with van der Waals surface area (Å²) in [5, 5.41) is 3.00. The van der Waals surface area contributed by atoms with Gasteiger partial charge in [0.15, 0.2) is 0 Å². The van der Waals surface area contributed by atoms with Crippen molar-refractivity contribution in [3.63, 3.8) is 0 Å². The van der Waals surface area contributed by atoms with E-state index in [9.17, 15) is 4.79 Å². The summed E-state index contributed by atoms with van der Waals surface area (Å²) in [6.07, 6.45) is 2.12. The third-order valence-corrected chi connectivity index (χ3v) is 4.48. The molecule has 0 radical (unpaired) electrons. The summed E-state index contributed by atoms with van der Waals surface area (Å²) < 4.78 is 5.70. The lowest BCUT2D eigenvalue weighted by atomic mass is 10.00. The van der Waals surface area contributed by atoms with E-state index >= 15 is 0 Å². The molecular weight excluding hydrogens is 362 g/mol. The number of nitrogen functional groups attached to an aromatic ring is 1. The van der Waals surface area contributed by atoms with E-state index in [4.69, 9.17) is 10.5 Å². The standard InChI is InChI=1S/C21H27N3O2.ClH/c1-15(2)26-17-7-3-6-16(12-17)13-23-21(25)14-24-11-5-8-18-19(22)9-4-10-20(18)24;/h3-4,6-7,9-10,12,15H,5,8,11,13-14,22H2,1-2H3,(H,23,25);1H. The maximum absolute atomic E-state index is 12.4. The predicted molar refractivity (Wildman–Crippen MR) is 113 cm³/mol. The summed E-state index contributed by atoms with van der Waals surface area (Å²) in [7, 11) is 0. The molecule has 0 fully saturated rings. The lowest BCUT2D eigenvalue weighted by Gasteiger charge is -2.31. The molecule has 3 N–H and O–H groups in total. The molecule has 0 bridgehead atoms. The van der Waals surface area contributed by atoms with Crippen LogP contribution >= 0.6 is 12.4 Å². The minimum Gasteiger partial charge on any atom is -0.491 e. The Morgan fingerprint density at radius 1 is 1.26 bits per heavy atom. The Hall–Kier alpha value is -2.40. The Labute approximate surface area is 167 Å². The van der Waals surface area contributed by atoms with Gasteiger partial charge in [-0.3, -0.25) is 4.79 Å². The molecular formula is C21H28ClN3O2. The van der Waals surface area contributed by atoms with E-state index in [1.165, 1.54) is 0 Å². The summed E-state index contributed by atoms with van der Waals surface area (Å²) in [6.45, 7) is 5.71. The van der Waals surface area contributed by atoms with E-state index < -0.39 is 0 Å². The molecule has 0 saturated heterocycles. The summed E-state index contributed by atoms with van der Waals surface area (Å²) in [6, 6.07) is 13.8. The Kier molecular flexibility index (Phi) is 7.36. The lowest BCUT2D eigenvalue weighted by Crippen LogP contribution is -2.39. The van der Waals surface area contributed by atoms with Crippen molar-refractivity contribution >= 4 is 29.7 Å². The van der Waals surface area contributed by atoms with Crippen molar-refractivity contribution in [1.82, 2.24) is 5.32 Å². The molecule has 1 amide bonds. The van der Waals surface area contributed by atoms with Crippen LogP contribution in [0.25, 0.3) is 0 Å². The van der Waals surface area contributed by atoms with Gasteiger partial charge in [-0.1, -0.05) is 18.2 Å². The van der Waals surface area contributed by atoms with Crippen LogP contribution in [0.1, 0.15) is 31.4 Å². The molecule has 2 aromatic rings. The van der Waals surface area contributed by atoms with E-state index in [1.807, 2.05) is 56.3 Å². The molecule has 6 heteroatoms. The van der Waals surface area contributed by atoms with Crippen LogP contribution in [0.4, 0.5) is 11.4 Å². The highest BCUT2D eigenvalue weighted by Gasteiger charge is 2.20. The number of fused-ring (bicyclic) bond motifs is 1. The fourth-order valence-corrected chi connectivity index (χ4v) is 3.32. The van der Waals surface area contributed by atoms with Crippen molar-refractivity contribution in [2.24, 2.45) is 0 Å². The lowest BCUT2D eigenvalue weighted by molar-refractivity contribution is -0.119. The third-order valence-electron chi connectivity index (χ3n) is 4.48. The molecule has 2 aromatic carbocycles. The molecule has 1 heterocycles. The van der Waals surface area contributed by atoms with Gasteiger partial charge < -0.3 is 20.7 Å². The van der Waals surface area contributed by atoms with Crippen molar-refractivity contribution in [3.05, 3.63) is 53.6 Å². The fourth-order valence-electron chi connectivity index (χ4n) is 3.32. The molecule has 0 spiro atoms. The first-order valence-corrected chi connectivity index (χ1v) is 9.17. The van der Waals surface area contributed by atoms with Gasteiger partial charge in [0.05, 0.1) is 12.6 Å². The number of nitrogens with one attached hydrogen (secondary N) is 1. The van der Waals surface area contributed by atoms with Gasteiger partial charge in [0, 0.05) is 24.5 Å². The molecule has 27 heavy (non-hydrogen) atoms. The highest BCUT2D eigenvalue weighted by Crippen LogP contribution is 2.30. The molecule has 0 aromatic heterocycles. The Bertz CT molecular complexity index is 780. The predicted octanol–water partition coefficient (Wildman–Crippen LogP) is 3.55. The van der Waals surface area contributed by atoms with E-state index in [-0.39, 0.29) is 24.4 Å². The Balaban J connectivity index is 0.00000261. The summed E-state index contributed by atoms with van der Waals surface area (Å²) in [5.74, 6) is 0.836. The molecule has 3 rings (SSSR count). The first kappa shape index (κ1) is 20.9. The van der Waals surface area contributed by atoms with Crippen LogP contribution in [0.15, 0.2) is 42.5 Å². The Morgan fingerprint density at radius 3 is 2.81 bits per heavy atom. The van der Waals surface area contributed by atoms with Crippen molar-refractivity contribution < 1.29 is 9.53 Å². The minimum atomic E-state index is 0. The molecule has 1 aliphatic rings. The van der Waals surface area contributed by atoms with Crippen LogP contribution in [0, 0.1) is 0 Å². The first-order chi connectivity index (χ1) is 12.5. The maximum atomic E-state index is 12.4. The maximum Gasteiger partial charge on any atom is 0.239 e. The van der Waals surface area contributed by atoms with E-state index in [0.717, 1.165) is 47.6 Å². The van der Waals surface area contributed by atoms with Gasteiger partial charge in [0.25, 0.3) is 0 Å². The van der Waals surface area contributed by atoms with Crippen molar-refractivity contribution in [3.8, 4) is 5.75 Å². The monoisotopic (exact) mass is 389 g/mol. The van der Waals surface area contributed by atoms with Crippen molar-refractivity contribution in [1.29, 1.82) is 0 Å². The number of hydrogen-bond donors (Lipinski definition) is 2. The first-order valence-electron chi connectivity index (χ1n) is 9.17. The van der Waals surface area contributed by atoms with Crippen LogP contribution in [0.2, 0.25) is 0 Å². The van der Waals surface area contributed by atoms with Crippen LogP contribution in [-0.2, 0) is 17.8 Å². The second-order valence-electron chi connectivity index (χ2n) is 6.96. The quantitative estimate of drug-likeness (QED) is 0.741. The molecule has 1 aliphatic heterocycles. The molecule has 146 valence electrons. The number of nitrogens with two attached hydrogens (primary N) is 1. The zero-order chi connectivity index (χ0) is 18.5. The molecule has 0 unspecified atom stereocenters. The number of benzene rings is 2. The van der Waals surface area contributed by atoms with Crippen LogP contribution in [-0.4, -0.2) is 25.1 Å². The van der Waals surface area contributed by atoms with Gasteiger partial charge >= 0.3 is 0 Å². The molecule has 0 atom stereocenters. The number of ether oxygens (including phenoxy) is 1. The number of halogens is 1. The van der Waals surface area contributed by atoms with E-state index in [0.29, 0.717) is 13.1 Å². The zero-order valence-corrected chi connectivity index (χ0v) is 16.7. The summed E-state index contributed by atoms with van der Waals surface area (Å²) in [5.41, 5.74) is 10.2. The number of carbonyl (C=O) groups excluding carboxylic acids is 1. The minimum absolute atomic E-state index is 0. The van der Waals surface area contributed by atoms with Gasteiger partial charge in [-0.2, -0.15) is 0 Å². The SMILES string of the molecule is CC(C)Oc1cccc(CNC(=O)CN2CCCc3c(N)cccc32)c1.Cl. The number of nitrogens with zero attached hydrogens (tertiary/aromatic N) is 1. The summed E-state index contributed by atoms with van der Waals surface area (Å²) in [4.78, 5) is 14.5.